The first-order valence-electron chi connectivity index (χ1n) is 4.66. The number of nitrogens with zero attached hydrogens (tertiary/aromatic N) is 1. The molecule has 0 aliphatic carbocycles. The number of ether oxygens (including phenoxy) is 1. The van der Waals surface area contributed by atoms with Gasteiger partial charge in [0.1, 0.15) is 0 Å². The molecule has 15 heavy (non-hydrogen) atoms. The largest absolute Gasteiger partial charge is 0.385 e. The normalized spacial score (nSPS) is 9.27. The van der Waals surface area contributed by atoms with Gasteiger partial charge in [0.05, 0.1) is 0 Å². The summed E-state index contributed by atoms with van der Waals surface area (Å²) >= 11 is 0. The topological polar surface area (TPSA) is 79.8 Å². The highest BCUT2D eigenvalue weighted by Crippen LogP contribution is 1.78. The van der Waals surface area contributed by atoms with E-state index in [1.807, 2.05) is 0 Å². The first kappa shape index (κ1) is 13.6. The van der Waals surface area contributed by atoms with E-state index in [-0.39, 0.29) is 0 Å². The van der Waals surface area contributed by atoms with Crippen LogP contribution in [-0.2, 0) is 14.3 Å². The molecule has 0 heterocycles. The molecule has 86 valence electrons. The second-order valence-corrected chi connectivity index (χ2v) is 3.10. The van der Waals surface area contributed by atoms with Crippen LogP contribution in [0.1, 0.15) is 20.3 Å². The lowest BCUT2D eigenvalue weighted by Crippen LogP contribution is -2.38. The van der Waals surface area contributed by atoms with Crippen molar-refractivity contribution < 1.29 is 14.3 Å². The van der Waals surface area contributed by atoms with Gasteiger partial charge in [-0.3, -0.25) is 9.59 Å². The molecular formula is C9H17N3O3. The fraction of sp³-hybridized carbons (Fsp3) is 0.667. The van der Waals surface area contributed by atoms with Gasteiger partial charge in [-0.2, -0.15) is 5.10 Å². The Morgan fingerprint density at radius 2 is 1.93 bits per heavy atom. The molecule has 6 nitrogen and oxygen atoms in total. The van der Waals surface area contributed by atoms with Crippen LogP contribution in [0.25, 0.3) is 0 Å². The van der Waals surface area contributed by atoms with Gasteiger partial charge in [-0.05, 0) is 20.3 Å². The molecule has 0 atom stereocenters. The molecule has 6 heteroatoms. The Labute approximate surface area is 89.1 Å². The van der Waals surface area contributed by atoms with Crippen LogP contribution in [0.4, 0.5) is 0 Å². The number of nitrogens with one attached hydrogen (secondary N) is 2. The Hall–Kier alpha value is -1.43. The van der Waals surface area contributed by atoms with Crippen LogP contribution in [-0.4, -0.2) is 37.8 Å². The van der Waals surface area contributed by atoms with E-state index in [4.69, 9.17) is 4.74 Å². The molecule has 2 N–H and O–H groups in total. The lowest BCUT2D eigenvalue weighted by Gasteiger charge is -2.03. The highest BCUT2D eigenvalue weighted by Gasteiger charge is 2.11. The molecule has 0 fully saturated rings. The van der Waals surface area contributed by atoms with Crippen molar-refractivity contribution in [3.63, 3.8) is 0 Å². The molecule has 0 bridgehead atoms. The number of hydrogen-bond donors (Lipinski definition) is 2. The second-order valence-electron chi connectivity index (χ2n) is 3.10. The summed E-state index contributed by atoms with van der Waals surface area (Å²) in [5.41, 5.74) is 2.80. The highest BCUT2D eigenvalue weighted by atomic mass is 16.5. The number of methoxy groups -OCH3 is 1. The van der Waals surface area contributed by atoms with Gasteiger partial charge in [-0.1, -0.05) is 0 Å². The first-order valence-corrected chi connectivity index (χ1v) is 4.66. The monoisotopic (exact) mass is 215 g/mol. The van der Waals surface area contributed by atoms with Crippen LogP contribution < -0.4 is 10.7 Å². The minimum Gasteiger partial charge on any atom is -0.385 e. The molecule has 0 rings (SSSR count). The summed E-state index contributed by atoms with van der Waals surface area (Å²) in [5.74, 6) is -1.44. The Kier molecular flexibility index (Phi) is 7.17. The van der Waals surface area contributed by atoms with E-state index in [2.05, 4.69) is 15.8 Å². The van der Waals surface area contributed by atoms with Gasteiger partial charge < -0.3 is 10.1 Å². The fourth-order valence-corrected chi connectivity index (χ4v) is 0.712. The lowest BCUT2D eigenvalue weighted by atomic mass is 10.4. The number of hydrogen-bond acceptors (Lipinski definition) is 4. The smallest absolute Gasteiger partial charge is 0.329 e. The molecule has 0 aromatic carbocycles. The van der Waals surface area contributed by atoms with Crippen molar-refractivity contribution in [3.8, 4) is 0 Å². The van der Waals surface area contributed by atoms with Crippen molar-refractivity contribution in [1.82, 2.24) is 10.7 Å². The van der Waals surface area contributed by atoms with E-state index in [0.717, 1.165) is 0 Å². The van der Waals surface area contributed by atoms with Crippen molar-refractivity contribution in [1.29, 1.82) is 0 Å². The SMILES string of the molecule is COCCCNC(=O)C(=O)NN=C(C)C. The molecule has 0 unspecified atom stereocenters. The van der Waals surface area contributed by atoms with Crippen LogP contribution in [0.15, 0.2) is 5.10 Å². The van der Waals surface area contributed by atoms with Crippen molar-refractivity contribution in [2.45, 2.75) is 20.3 Å². The predicted molar refractivity (Wildman–Crippen MR) is 56.4 cm³/mol. The number of rotatable bonds is 5. The molecule has 2 amide bonds. The van der Waals surface area contributed by atoms with Crippen molar-refractivity contribution in [2.24, 2.45) is 5.10 Å². The van der Waals surface area contributed by atoms with Crippen LogP contribution in [0.2, 0.25) is 0 Å². The van der Waals surface area contributed by atoms with Gasteiger partial charge in [0, 0.05) is 26.0 Å². The summed E-state index contributed by atoms with van der Waals surface area (Å²) in [6.07, 6.45) is 0.672. The molecule has 0 spiro atoms. The summed E-state index contributed by atoms with van der Waals surface area (Å²) < 4.78 is 4.79. The highest BCUT2D eigenvalue weighted by molar-refractivity contribution is 6.35. The molecule has 0 aliphatic heterocycles. The van der Waals surface area contributed by atoms with Gasteiger partial charge in [0.25, 0.3) is 0 Å². The van der Waals surface area contributed by atoms with E-state index in [0.29, 0.717) is 25.3 Å². The van der Waals surface area contributed by atoms with Crippen LogP contribution in [0.5, 0.6) is 0 Å². The Balaban J connectivity index is 3.70. The summed E-state index contributed by atoms with van der Waals surface area (Å²) in [6.45, 7) is 4.40. The van der Waals surface area contributed by atoms with Crippen LogP contribution in [0.3, 0.4) is 0 Å². The maximum absolute atomic E-state index is 11.1. The van der Waals surface area contributed by atoms with Gasteiger partial charge in [0.15, 0.2) is 0 Å². The summed E-state index contributed by atoms with van der Waals surface area (Å²) in [7, 11) is 1.58. The average Bonchev–Trinajstić information content (AvgIpc) is 2.20. The number of carbonyl (C=O) groups is 2. The quantitative estimate of drug-likeness (QED) is 0.285. The zero-order valence-corrected chi connectivity index (χ0v) is 9.29. The molecular weight excluding hydrogens is 198 g/mol. The van der Waals surface area contributed by atoms with Crippen molar-refractivity contribution in [2.75, 3.05) is 20.3 Å². The Morgan fingerprint density at radius 3 is 2.47 bits per heavy atom. The third kappa shape index (κ3) is 7.63. The molecule has 0 aromatic heterocycles. The number of carbonyl (C=O) groups excluding carboxylic acids is 2. The minimum atomic E-state index is -0.756. The minimum absolute atomic E-state index is 0.412. The van der Waals surface area contributed by atoms with Crippen LogP contribution >= 0.6 is 0 Å². The first-order chi connectivity index (χ1) is 7.07. The van der Waals surface area contributed by atoms with Gasteiger partial charge in [0.2, 0.25) is 0 Å². The number of amides is 2. The third-order valence-corrected chi connectivity index (χ3v) is 1.40. The molecule has 0 saturated heterocycles. The van der Waals surface area contributed by atoms with E-state index < -0.39 is 11.8 Å². The predicted octanol–water partition coefficient (Wildman–Crippen LogP) is -0.349. The molecule has 0 radical (unpaired) electrons. The zero-order chi connectivity index (χ0) is 11.7. The third-order valence-electron chi connectivity index (χ3n) is 1.40. The zero-order valence-electron chi connectivity index (χ0n) is 9.29. The number of hydrazone groups is 1. The van der Waals surface area contributed by atoms with E-state index in [1.54, 1.807) is 21.0 Å². The Bertz CT molecular complexity index is 247. The maximum atomic E-state index is 11.1. The summed E-state index contributed by atoms with van der Waals surface area (Å²) in [4.78, 5) is 22.1. The van der Waals surface area contributed by atoms with Gasteiger partial charge in [-0.25, -0.2) is 5.43 Å². The van der Waals surface area contributed by atoms with E-state index in [1.165, 1.54) is 0 Å². The molecule has 0 saturated carbocycles. The van der Waals surface area contributed by atoms with Crippen molar-refractivity contribution >= 4 is 17.5 Å². The van der Waals surface area contributed by atoms with E-state index in [9.17, 15) is 9.59 Å². The summed E-state index contributed by atoms with van der Waals surface area (Å²) in [5, 5.41) is 6.06. The molecule has 0 aromatic rings. The second kappa shape index (κ2) is 7.93. The van der Waals surface area contributed by atoms with Crippen LogP contribution in [0, 0.1) is 0 Å². The van der Waals surface area contributed by atoms with Gasteiger partial charge >= 0.3 is 11.8 Å². The Morgan fingerprint density at radius 1 is 1.27 bits per heavy atom. The standard InChI is InChI=1S/C9H17N3O3/c1-7(2)11-12-9(14)8(13)10-5-4-6-15-3/h4-6H2,1-3H3,(H,10,13)(H,12,14). The molecule has 0 aliphatic rings. The fourth-order valence-electron chi connectivity index (χ4n) is 0.712. The van der Waals surface area contributed by atoms with Gasteiger partial charge in [-0.15, -0.1) is 0 Å². The lowest BCUT2D eigenvalue weighted by molar-refractivity contribution is -0.139. The maximum Gasteiger partial charge on any atom is 0.329 e. The van der Waals surface area contributed by atoms with E-state index >= 15 is 0 Å². The summed E-state index contributed by atoms with van der Waals surface area (Å²) in [6, 6.07) is 0. The van der Waals surface area contributed by atoms with Crippen molar-refractivity contribution in [3.05, 3.63) is 0 Å². The average molecular weight is 215 g/mol.